The lowest BCUT2D eigenvalue weighted by molar-refractivity contribution is 0.0963. The van der Waals surface area contributed by atoms with Gasteiger partial charge < -0.3 is 10.1 Å². The quantitative estimate of drug-likeness (QED) is 0.752. The van der Waals surface area contributed by atoms with Gasteiger partial charge in [-0.1, -0.05) is 38.1 Å². The average Bonchev–Trinajstić information content (AvgIpc) is 2.49. The minimum absolute atomic E-state index is 0.361. The minimum Gasteiger partial charge on any atom is -0.383 e. The van der Waals surface area contributed by atoms with Gasteiger partial charge in [0.05, 0.1) is 6.61 Å². The van der Waals surface area contributed by atoms with Gasteiger partial charge in [0.25, 0.3) is 0 Å². The molecule has 0 saturated heterocycles. The molecule has 114 valence electrons. The van der Waals surface area contributed by atoms with Crippen LogP contribution in [0.5, 0.6) is 0 Å². The standard InChI is InChI=1S/C17H30N2O/c1-6-15-8-10-16(11-9-15)17(18-4)12-19(7-2)14(3)13-20-5/h8-11,14,17-18H,6-7,12-13H2,1-5H3. The molecule has 3 nitrogen and oxygen atoms in total. The number of hydrogen-bond acceptors (Lipinski definition) is 3. The summed E-state index contributed by atoms with van der Waals surface area (Å²) in [6, 6.07) is 9.75. The molecule has 2 unspecified atom stereocenters. The first-order chi connectivity index (χ1) is 9.65. The third kappa shape index (κ3) is 4.89. The Balaban J connectivity index is 2.73. The van der Waals surface area contributed by atoms with Crippen molar-refractivity contribution in [2.24, 2.45) is 0 Å². The monoisotopic (exact) mass is 278 g/mol. The molecule has 0 heterocycles. The Morgan fingerprint density at radius 2 is 1.85 bits per heavy atom. The van der Waals surface area contributed by atoms with E-state index in [1.807, 2.05) is 7.05 Å². The van der Waals surface area contributed by atoms with E-state index >= 15 is 0 Å². The van der Waals surface area contributed by atoms with Gasteiger partial charge in [-0.15, -0.1) is 0 Å². The van der Waals surface area contributed by atoms with Crippen molar-refractivity contribution < 1.29 is 4.74 Å². The Hall–Kier alpha value is -0.900. The molecule has 0 amide bonds. The molecule has 0 aliphatic rings. The van der Waals surface area contributed by atoms with Crippen LogP contribution in [0, 0.1) is 0 Å². The molecule has 0 aliphatic carbocycles. The summed E-state index contributed by atoms with van der Waals surface area (Å²) in [6.07, 6.45) is 1.09. The van der Waals surface area contributed by atoms with Crippen LogP contribution in [-0.2, 0) is 11.2 Å². The predicted molar refractivity (Wildman–Crippen MR) is 86.2 cm³/mol. The maximum atomic E-state index is 5.28. The van der Waals surface area contributed by atoms with E-state index in [0.717, 1.165) is 26.1 Å². The Labute approximate surface area is 124 Å². The zero-order chi connectivity index (χ0) is 15.0. The average molecular weight is 278 g/mol. The van der Waals surface area contributed by atoms with Crippen LogP contribution in [0.25, 0.3) is 0 Å². The Morgan fingerprint density at radius 1 is 1.20 bits per heavy atom. The molecule has 3 heteroatoms. The van der Waals surface area contributed by atoms with Crippen molar-refractivity contribution in [1.29, 1.82) is 0 Å². The highest BCUT2D eigenvalue weighted by molar-refractivity contribution is 5.25. The second kappa shape index (κ2) is 9.11. The van der Waals surface area contributed by atoms with E-state index in [4.69, 9.17) is 4.74 Å². The molecule has 1 aromatic carbocycles. The third-order valence-corrected chi connectivity index (χ3v) is 3.99. The van der Waals surface area contributed by atoms with Gasteiger partial charge >= 0.3 is 0 Å². The van der Waals surface area contributed by atoms with Crippen LogP contribution in [0.15, 0.2) is 24.3 Å². The first kappa shape index (κ1) is 17.2. The van der Waals surface area contributed by atoms with Gasteiger partial charge in [-0.3, -0.25) is 4.90 Å². The van der Waals surface area contributed by atoms with E-state index in [1.165, 1.54) is 11.1 Å². The molecule has 0 fully saturated rings. The lowest BCUT2D eigenvalue weighted by atomic mass is 10.0. The van der Waals surface area contributed by atoms with Crippen molar-refractivity contribution in [3.63, 3.8) is 0 Å². The molecular weight excluding hydrogens is 248 g/mol. The molecule has 1 aromatic rings. The molecule has 0 spiro atoms. The summed E-state index contributed by atoms with van der Waals surface area (Å²) in [7, 11) is 3.80. The van der Waals surface area contributed by atoms with Gasteiger partial charge in [-0.2, -0.15) is 0 Å². The number of ether oxygens (including phenoxy) is 1. The summed E-state index contributed by atoms with van der Waals surface area (Å²) >= 11 is 0. The van der Waals surface area contributed by atoms with Crippen molar-refractivity contribution in [1.82, 2.24) is 10.2 Å². The highest BCUT2D eigenvalue weighted by Crippen LogP contribution is 2.16. The minimum atomic E-state index is 0.361. The molecule has 1 N–H and O–H groups in total. The molecule has 1 rings (SSSR count). The van der Waals surface area contributed by atoms with E-state index in [2.05, 4.69) is 55.3 Å². The van der Waals surface area contributed by atoms with Crippen molar-refractivity contribution in [2.45, 2.75) is 39.3 Å². The Morgan fingerprint density at radius 3 is 2.30 bits per heavy atom. The number of aryl methyl sites for hydroxylation is 1. The van der Waals surface area contributed by atoms with Crippen molar-refractivity contribution >= 4 is 0 Å². The molecule has 0 bridgehead atoms. The Bertz CT molecular complexity index is 364. The van der Waals surface area contributed by atoms with Crippen molar-refractivity contribution in [3.05, 3.63) is 35.4 Å². The normalized spacial score (nSPS) is 14.5. The smallest absolute Gasteiger partial charge is 0.0615 e. The third-order valence-electron chi connectivity index (χ3n) is 3.99. The molecule has 0 radical (unpaired) electrons. The van der Waals surface area contributed by atoms with Crippen LogP contribution in [0.4, 0.5) is 0 Å². The van der Waals surface area contributed by atoms with Crippen LogP contribution in [-0.4, -0.2) is 44.8 Å². The van der Waals surface area contributed by atoms with E-state index in [-0.39, 0.29) is 0 Å². The Kier molecular flexibility index (Phi) is 7.82. The number of nitrogens with zero attached hydrogens (tertiary/aromatic N) is 1. The van der Waals surface area contributed by atoms with Gasteiger partial charge in [0.1, 0.15) is 0 Å². The first-order valence-corrected chi connectivity index (χ1v) is 7.65. The highest BCUT2D eigenvalue weighted by atomic mass is 16.5. The number of likely N-dealkylation sites (N-methyl/N-ethyl adjacent to an activating group) is 2. The fourth-order valence-electron chi connectivity index (χ4n) is 2.55. The van der Waals surface area contributed by atoms with Gasteiger partial charge in [-0.25, -0.2) is 0 Å². The lowest BCUT2D eigenvalue weighted by Gasteiger charge is -2.31. The number of rotatable bonds is 9. The zero-order valence-corrected chi connectivity index (χ0v) is 13.6. The molecule has 0 saturated carbocycles. The van der Waals surface area contributed by atoms with Crippen LogP contribution < -0.4 is 5.32 Å². The summed E-state index contributed by atoms with van der Waals surface area (Å²) in [5.41, 5.74) is 2.75. The fraction of sp³-hybridized carbons (Fsp3) is 0.647. The first-order valence-electron chi connectivity index (χ1n) is 7.65. The highest BCUT2D eigenvalue weighted by Gasteiger charge is 2.17. The molecule has 2 atom stereocenters. The van der Waals surface area contributed by atoms with Gasteiger partial charge in [0.2, 0.25) is 0 Å². The largest absolute Gasteiger partial charge is 0.383 e. The van der Waals surface area contributed by atoms with Crippen LogP contribution >= 0.6 is 0 Å². The summed E-state index contributed by atoms with van der Waals surface area (Å²) in [5.74, 6) is 0. The second-order valence-corrected chi connectivity index (χ2v) is 5.33. The van der Waals surface area contributed by atoms with E-state index < -0.39 is 0 Å². The zero-order valence-electron chi connectivity index (χ0n) is 13.6. The predicted octanol–water partition coefficient (Wildman–Crippen LogP) is 2.87. The van der Waals surface area contributed by atoms with Crippen LogP contribution in [0.2, 0.25) is 0 Å². The number of hydrogen-bond donors (Lipinski definition) is 1. The summed E-state index contributed by atoms with van der Waals surface area (Å²) in [4.78, 5) is 2.46. The second-order valence-electron chi connectivity index (χ2n) is 5.33. The molecule has 20 heavy (non-hydrogen) atoms. The number of methoxy groups -OCH3 is 1. The molecule has 0 aliphatic heterocycles. The number of nitrogens with one attached hydrogen (secondary N) is 1. The SMILES string of the molecule is CCc1ccc(C(CN(CC)C(C)COC)NC)cc1. The van der Waals surface area contributed by atoms with Gasteiger partial charge in [0, 0.05) is 25.7 Å². The van der Waals surface area contributed by atoms with Crippen LogP contribution in [0.3, 0.4) is 0 Å². The van der Waals surface area contributed by atoms with Crippen molar-refractivity contribution in [3.8, 4) is 0 Å². The maximum Gasteiger partial charge on any atom is 0.0615 e. The van der Waals surface area contributed by atoms with Crippen molar-refractivity contribution in [2.75, 3.05) is 33.9 Å². The van der Waals surface area contributed by atoms with E-state index in [0.29, 0.717) is 12.1 Å². The summed E-state index contributed by atoms with van der Waals surface area (Å²) < 4.78 is 5.28. The molecule has 0 aromatic heterocycles. The fourth-order valence-corrected chi connectivity index (χ4v) is 2.55. The number of benzene rings is 1. The molecular formula is C17H30N2O. The topological polar surface area (TPSA) is 24.5 Å². The lowest BCUT2D eigenvalue weighted by Crippen LogP contribution is -2.41. The maximum absolute atomic E-state index is 5.28. The van der Waals surface area contributed by atoms with E-state index in [9.17, 15) is 0 Å². The van der Waals surface area contributed by atoms with Gasteiger partial charge in [-0.05, 0) is 38.1 Å². The van der Waals surface area contributed by atoms with E-state index in [1.54, 1.807) is 7.11 Å². The van der Waals surface area contributed by atoms with Gasteiger partial charge in [0.15, 0.2) is 0 Å². The van der Waals surface area contributed by atoms with Crippen LogP contribution in [0.1, 0.15) is 37.9 Å². The summed E-state index contributed by atoms with van der Waals surface area (Å²) in [5, 5.41) is 3.44. The summed E-state index contributed by atoms with van der Waals surface area (Å²) in [6.45, 7) is 9.44.